The van der Waals surface area contributed by atoms with Gasteiger partial charge in [0.1, 0.15) is 11.5 Å². The first kappa shape index (κ1) is 12.3. The zero-order valence-electron chi connectivity index (χ0n) is 10.3. The molecule has 6 heteroatoms. The molecule has 2 rings (SSSR count). The molecule has 0 spiro atoms. The van der Waals surface area contributed by atoms with Crippen LogP contribution in [0.1, 0.15) is 17.4 Å². The number of aromatic nitrogens is 1. The highest BCUT2D eigenvalue weighted by molar-refractivity contribution is 5.95. The Morgan fingerprint density at radius 2 is 2.39 bits per heavy atom. The van der Waals surface area contributed by atoms with E-state index in [9.17, 15) is 9.59 Å². The van der Waals surface area contributed by atoms with Crippen LogP contribution in [0.3, 0.4) is 0 Å². The van der Waals surface area contributed by atoms with Crippen LogP contribution in [0.5, 0.6) is 0 Å². The molecule has 0 aromatic carbocycles. The molecule has 0 bridgehead atoms. The van der Waals surface area contributed by atoms with Crippen LogP contribution in [-0.4, -0.2) is 47.9 Å². The van der Waals surface area contributed by atoms with Crippen molar-refractivity contribution in [2.24, 2.45) is 0 Å². The maximum Gasteiger partial charge on any atom is 0.273 e. The lowest BCUT2D eigenvalue weighted by molar-refractivity contribution is -0.123. The molecule has 0 atom stereocenters. The molecule has 1 aromatic rings. The largest absolute Gasteiger partial charge is 0.370 e. The Morgan fingerprint density at radius 3 is 3.11 bits per heavy atom. The molecular formula is C12H16N4O2. The third-order valence-electron chi connectivity index (χ3n) is 2.65. The second kappa shape index (κ2) is 5.48. The fraction of sp³-hybridized carbons (Fsp3) is 0.417. The van der Waals surface area contributed by atoms with Crippen molar-refractivity contribution in [1.29, 1.82) is 0 Å². The Kier molecular flexibility index (Phi) is 3.76. The summed E-state index contributed by atoms with van der Waals surface area (Å²) in [5.74, 6) is 0.340. The van der Waals surface area contributed by atoms with E-state index < -0.39 is 0 Å². The van der Waals surface area contributed by atoms with E-state index in [1.165, 1.54) is 4.90 Å². The number of hydrogen-bond acceptors (Lipinski definition) is 4. The van der Waals surface area contributed by atoms with Gasteiger partial charge in [-0.2, -0.15) is 0 Å². The summed E-state index contributed by atoms with van der Waals surface area (Å²) in [6, 6.07) is 5.25. The second-order valence-electron chi connectivity index (χ2n) is 4.02. The highest BCUT2D eigenvalue weighted by Gasteiger charge is 2.23. The minimum Gasteiger partial charge on any atom is -0.370 e. The summed E-state index contributed by atoms with van der Waals surface area (Å²) in [5, 5.41) is 5.74. The van der Waals surface area contributed by atoms with Crippen molar-refractivity contribution in [3.8, 4) is 0 Å². The molecule has 1 aromatic heterocycles. The van der Waals surface area contributed by atoms with Gasteiger partial charge in [0.15, 0.2) is 0 Å². The molecule has 18 heavy (non-hydrogen) atoms. The second-order valence-corrected chi connectivity index (χ2v) is 4.02. The van der Waals surface area contributed by atoms with Crippen molar-refractivity contribution < 1.29 is 9.59 Å². The SMILES string of the molecule is CCNc1cccc(C(=O)N2CCNC(=O)C2)n1. The number of carbonyl (C=O) groups excluding carboxylic acids is 2. The highest BCUT2D eigenvalue weighted by Crippen LogP contribution is 2.08. The van der Waals surface area contributed by atoms with Gasteiger partial charge in [0.25, 0.3) is 5.91 Å². The predicted molar refractivity (Wildman–Crippen MR) is 67.3 cm³/mol. The van der Waals surface area contributed by atoms with E-state index in [1.54, 1.807) is 12.1 Å². The van der Waals surface area contributed by atoms with Crippen molar-refractivity contribution in [1.82, 2.24) is 15.2 Å². The first-order chi connectivity index (χ1) is 8.70. The maximum absolute atomic E-state index is 12.2. The molecule has 1 aliphatic rings. The van der Waals surface area contributed by atoms with Gasteiger partial charge in [0.05, 0.1) is 6.54 Å². The topological polar surface area (TPSA) is 74.3 Å². The van der Waals surface area contributed by atoms with Crippen molar-refractivity contribution >= 4 is 17.6 Å². The van der Waals surface area contributed by atoms with Gasteiger partial charge >= 0.3 is 0 Å². The lowest BCUT2D eigenvalue weighted by Gasteiger charge is -2.26. The normalized spacial score (nSPS) is 15.2. The number of anilines is 1. The van der Waals surface area contributed by atoms with E-state index in [2.05, 4.69) is 15.6 Å². The molecule has 1 aliphatic heterocycles. The average molecular weight is 248 g/mol. The zero-order valence-corrected chi connectivity index (χ0v) is 10.3. The van der Waals surface area contributed by atoms with Crippen LogP contribution in [0.15, 0.2) is 18.2 Å². The Balaban J connectivity index is 2.12. The Bertz CT molecular complexity index is 461. The minimum absolute atomic E-state index is 0.103. The third kappa shape index (κ3) is 2.77. The van der Waals surface area contributed by atoms with Crippen LogP contribution in [0.4, 0.5) is 5.82 Å². The molecule has 0 radical (unpaired) electrons. The smallest absolute Gasteiger partial charge is 0.273 e. The molecule has 0 saturated carbocycles. The third-order valence-corrected chi connectivity index (χ3v) is 2.65. The molecule has 1 saturated heterocycles. The van der Waals surface area contributed by atoms with Gasteiger partial charge in [0.2, 0.25) is 5.91 Å². The molecule has 2 amide bonds. The summed E-state index contributed by atoms with van der Waals surface area (Å²) in [6.45, 7) is 3.84. The number of nitrogens with zero attached hydrogens (tertiary/aromatic N) is 2. The molecule has 0 aliphatic carbocycles. The van der Waals surface area contributed by atoms with Gasteiger partial charge in [-0.3, -0.25) is 9.59 Å². The average Bonchev–Trinajstić information content (AvgIpc) is 2.39. The van der Waals surface area contributed by atoms with Gasteiger partial charge in [-0.15, -0.1) is 0 Å². The lowest BCUT2D eigenvalue weighted by atomic mass is 10.2. The van der Waals surface area contributed by atoms with Crippen LogP contribution in [0, 0.1) is 0 Å². The summed E-state index contributed by atoms with van der Waals surface area (Å²) in [7, 11) is 0. The lowest BCUT2D eigenvalue weighted by Crippen LogP contribution is -2.50. The first-order valence-corrected chi connectivity index (χ1v) is 5.97. The zero-order chi connectivity index (χ0) is 13.0. The van der Waals surface area contributed by atoms with Crippen LogP contribution in [-0.2, 0) is 4.79 Å². The fourth-order valence-corrected chi connectivity index (χ4v) is 1.81. The summed E-state index contributed by atoms with van der Waals surface area (Å²) in [6.07, 6.45) is 0. The number of nitrogens with one attached hydrogen (secondary N) is 2. The van der Waals surface area contributed by atoms with Crippen LogP contribution in [0.25, 0.3) is 0 Å². The summed E-state index contributed by atoms with van der Waals surface area (Å²) in [4.78, 5) is 29.1. The molecule has 2 N–H and O–H groups in total. The number of amides is 2. The van der Waals surface area contributed by atoms with E-state index in [0.29, 0.717) is 24.6 Å². The van der Waals surface area contributed by atoms with E-state index >= 15 is 0 Å². The fourth-order valence-electron chi connectivity index (χ4n) is 1.81. The van der Waals surface area contributed by atoms with Crippen molar-refractivity contribution in [2.75, 3.05) is 31.5 Å². The van der Waals surface area contributed by atoms with Crippen LogP contribution in [0.2, 0.25) is 0 Å². The minimum atomic E-state index is -0.204. The van der Waals surface area contributed by atoms with Crippen molar-refractivity contribution in [3.05, 3.63) is 23.9 Å². The van der Waals surface area contributed by atoms with Gasteiger partial charge < -0.3 is 15.5 Å². The summed E-state index contributed by atoms with van der Waals surface area (Å²) in [5.41, 5.74) is 0.364. The first-order valence-electron chi connectivity index (χ1n) is 5.97. The molecule has 96 valence electrons. The maximum atomic E-state index is 12.2. The van der Waals surface area contributed by atoms with Crippen LogP contribution < -0.4 is 10.6 Å². The van der Waals surface area contributed by atoms with Crippen molar-refractivity contribution in [2.45, 2.75) is 6.92 Å². The van der Waals surface area contributed by atoms with E-state index in [0.717, 1.165) is 6.54 Å². The van der Waals surface area contributed by atoms with E-state index in [1.807, 2.05) is 13.0 Å². The van der Waals surface area contributed by atoms with Gasteiger partial charge in [-0.1, -0.05) is 6.07 Å². The van der Waals surface area contributed by atoms with E-state index in [4.69, 9.17) is 0 Å². The van der Waals surface area contributed by atoms with Gasteiger partial charge in [0, 0.05) is 19.6 Å². The Hall–Kier alpha value is -2.11. The molecule has 0 unspecified atom stereocenters. The molecule has 1 fully saturated rings. The predicted octanol–water partition coefficient (Wildman–Crippen LogP) is 0.0854. The summed E-state index contributed by atoms with van der Waals surface area (Å²) >= 11 is 0. The molecular weight excluding hydrogens is 232 g/mol. The standard InChI is InChI=1S/C12H16N4O2/c1-2-13-10-5-3-4-9(15-10)12(18)16-7-6-14-11(17)8-16/h3-5H,2,6-8H2,1H3,(H,13,15)(H,14,17). The number of piperazine rings is 1. The molecule has 2 heterocycles. The number of hydrogen-bond donors (Lipinski definition) is 2. The monoisotopic (exact) mass is 248 g/mol. The molecule has 6 nitrogen and oxygen atoms in total. The quantitative estimate of drug-likeness (QED) is 0.794. The van der Waals surface area contributed by atoms with Gasteiger partial charge in [-0.05, 0) is 19.1 Å². The Morgan fingerprint density at radius 1 is 1.56 bits per heavy atom. The van der Waals surface area contributed by atoms with Gasteiger partial charge in [-0.25, -0.2) is 4.98 Å². The highest BCUT2D eigenvalue weighted by atomic mass is 16.2. The number of rotatable bonds is 3. The van der Waals surface area contributed by atoms with Crippen molar-refractivity contribution in [3.63, 3.8) is 0 Å². The van der Waals surface area contributed by atoms with E-state index in [-0.39, 0.29) is 18.4 Å². The Labute approximate surface area is 105 Å². The summed E-state index contributed by atoms with van der Waals surface area (Å²) < 4.78 is 0. The van der Waals surface area contributed by atoms with Crippen LogP contribution >= 0.6 is 0 Å². The number of pyridine rings is 1. The number of carbonyl (C=O) groups is 2.